The molecule has 0 fully saturated rings. The Morgan fingerprint density at radius 2 is 1.92 bits per heavy atom. The summed E-state index contributed by atoms with van der Waals surface area (Å²) in [5.41, 5.74) is 1.75. The van der Waals surface area contributed by atoms with Crippen molar-refractivity contribution >= 4 is 12.4 Å². The molecule has 12 heavy (non-hydrogen) atoms. The Morgan fingerprint density at radius 1 is 1.25 bits per heavy atom. The summed E-state index contributed by atoms with van der Waals surface area (Å²) in [6.45, 7) is 2.07. The second-order valence-corrected chi connectivity index (χ2v) is 2.56. The molecule has 1 rings (SSSR count). The number of hydrogen-bond acceptors (Lipinski definition) is 1. The van der Waals surface area contributed by atoms with Crippen molar-refractivity contribution in [3.05, 3.63) is 41.5 Å². The van der Waals surface area contributed by atoms with Crippen molar-refractivity contribution in [2.24, 2.45) is 0 Å². The Kier molecular flexibility index (Phi) is 3.27. The summed E-state index contributed by atoms with van der Waals surface area (Å²) >= 11 is 0. The molecule has 0 atom stereocenters. The molecule has 0 saturated carbocycles. The molecule has 0 saturated heterocycles. The third-order valence-electron chi connectivity index (χ3n) is 1.66. The van der Waals surface area contributed by atoms with Gasteiger partial charge in [-0.25, -0.2) is 0 Å². The minimum atomic E-state index is 0.752. The molecule has 0 N–H and O–H groups in total. The van der Waals surface area contributed by atoms with Gasteiger partial charge in [-0.3, -0.25) is 4.79 Å². The Labute approximate surface area is 72.7 Å². The van der Waals surface area contributed by atoms with Crippen LogP contribution in [0, 0.1) is 0 Å². The summed E-state index contributed by atoms with van der Waals surface area (Å²) in [4.78, 5) is 10.6. The average molecular weight is 160 g/mol. The molecule has 0 amide bonds. The fourth-order valence-electron chi connectivity index (χ4n) is 1.01. The van der Waals surface area contributed by atoms with Crippen LogP contribution in [0.1, 0.15) is 29.3 Å². The molecule has 1 aromatic carbocycles. The van der Waals surface area contributed by atoms with Crippen molar-refractivity contribution in [2.75, 3.05) is 0 Å². The molecule has 0 unspecified atom stereocenters. The van der Waals surface area contributed by atoms with Crippen LogP contribution in [0.5, 0.6) is 0 Å². The summed E-state index contributed by atoms with van der Waals surface area (Å²) < 4.78 is 0. The van der Waals surface area contributed by atoms with Gasteiger partial charge in [-0.05, 0) is 12.0 Å². The number of hydrogen-bond donors (Lipinski definition) is 0. The van der Waals surface area contributed by atoms with Crippen LogP contribution < -0.4 is 0 Å². The molecule has 1 heteroatoms. The predicted molar refractivity (Wildman–Crippen MR) is 51.2 cm³/mol. The molecule has 0 aliphatic carbocycles. The van der Waals surface area contributed by atoms with Gasteiger partial charge >= 0.3 is 0 Å². The Hall–Kier alpha value is -1.37. The smallest absolute Gasteiger partial charge is 0.150 e. The summed E-state index contributed by atoms with van der Waals surface area (Å²) in [6.07, 6.45) is 5.90. The highest BCUT2D eigenvalue weighted by Gasteiger charge is 1.93. The van der Waals surface area contributed by atoms with Crippen LogP contribution in [-0.2, 0) is 0 Å². The third-order valence-corrected chi connectivity index (χ3v) is 1.66. The third kappa shape index (κ3) is 2.06. The van der Waals surface area contributed by atoms with Crippen molar-refractivity contribution in [3.8, 4) is 0 Å². The normalized spacial score (nSPS) is 10.4. The lowest BCUT2D eigenvalue weighted by Gasteiger charge is -1.95. The largest absolute Gasteiger partial charge is 0.298 e. The maximum absolute atomic E-state index is 10.6. The zero-order valence-corrected chi connectivity index (χ0v) is 7.16. The van der Waals surface area contributed by atoms with E-state index in [1.54, 1.807) is 0 Å². The van der Waals surface area contributed by atoms with Gasteiger partial charge in [0.25, 0.3) is 0 Å². The first kappa shape index (κ1) is 8.72. The van der Waals surface area contributed by atoms with E-state index >= 15 is 0 Å². The maximum atomic E-state index is 10.6. The minimum absolute atomic E-state index is 0.752. The van der Waals surface area contributed by atoms with Crippen molar-refractivity contribution in [2.45, 2.75) is 13.3 Å². The van der Waals surface area contributed by atoms with Gasteiger partial charge in [0.15, 0.2) is 6.29 Å². The maximum Gasteiger partial charge on any atom is 0.150 e. The van der Waals surface area contributed by atoms with Crippen LogP contribution in [0.2, 0.25) is 0 Å². The van der Waals surface area contributed by atoms with E-state index in [1.165, 1.54) is 0 Å². The predicted octanol–water partition coefficient (Wildman–Crippen LogP) is 2.92. The van der Waals surface area contributed by atoms with E-state index in [0.717, 1.165) is 23.8 Å². The van der Waals surface area contributed by atoms with E-state index in [-0.39, 0.29) is 0 Å². The lowest BCUT2D eigenvalue weighted by Crippen LogP contribution is -1.83. The van der Waals surface area contributed by atoms with Gasteiger partial charge in [0.2, 0.25) is 0 Å². The first-order chi connectivity index (χ1) is 5.88. The second kappa shape index (κ2) is 4.50. The van der Waals surface area contributed by atoms with Gasteiger partial charge in [0.1, 0.15) is 0 Å². The van der Waals surface area contributed by atoms with Crippen molar-refractivity contribution in [3.63, 3.8) is 0 Å². The van der Waals surface area contributed by atoms with Crippen LogP contribution >= 0.6 is 0 Å². The fraction of sp³-hybridized carbons (Fsp3) is 0.182. The molecule has 1 nitrogen and oxygen atoms in total. The summed E-state index contributed by atoms with van der Waals surface area (Å²) in [5, 5.41) is 0. The molecule has 62 valence electrons. The number of allylic oxidation sites excluding steroid dienone is 1. The monoisotopic (exact) mass is 160 g/mol. The van der Waals surface area contributed by atoms with Crippen LogP contribution in [0.4, 0.5) is 0 Å². The van der Waals surface area contributed by atoms with Crippen molar-refractivity contribution in [1.29, 1.82) is 0 Å². The number of aldehydes is 1. The Bertz CT molecular complexity index is 287. The van der Waals surface area contributed by atoms with Crippen molar-refractivity contribution in [1.82, 2.24) is 0 Å². The first-order valence-corrected chi connectivity index (χ1v) is 4.09. The number of rotatable bonds is 3. The SMILES string of the molecule is CCC=Cc1ccccc1C=O. The number of carbonyl (C=O) groups excluding carboxylic acids is 1. The summed E-state index contributed by atoms with van der Waals surface area (Å²) in [5.74, 6) is 0. The molecule has 0 radical (unpaired) electrons. The van der Waals surface area contributed by atoms with E-state index in [1.807, 2.05) is 36.4 Å². The van der Waals surface area contributed by atoms with Crippen LogP contribution in [-0.4, -0.2) is 6.29 Å². The van der Waals surface area contributed by atoms with Crippen LogP contribution in [0.25, 0.3) is 6.08 Å². The lowest BCUT2D eigenvalue weighted by atomic mass is 10.1. The number of benzene rings is 1. The zero-order chi connectivity index (χ0) is 8.81. The van der Waals surface area contributed by atoms with Gasteiger partial charge in [0, 0.05) is 5.56 Å². The molecule has 0 aliphatic rings. The van der Waals surface area contributed by atoms with Gasteiger partial charge in [-0.2, -0.15) is 0 Å². The highest BCUT2D eigenvalue weighted by Crippen LogP contribution is 2.08. The van der Waals surface area contributed by atoms with E-state index in [0.29, 0.717) is 0 Å². The summed E-state index contributed by atoms with van der Waals surface area (Å²) in [7, 11) is 0. The van der Waals surface area contributed by atoms with Crippen LogP contribution in [0.15, 0.2) is 30.3 Å². The topological polar surface area (TPSA) is 17.1 Å². The van der Waals surface area contributed by atoms with Gasteiger partial charge < -0.3 is 0 Å². The zero-order valence-electron chi connectivity index (χ0n) is 7.16. The molecule has 0 heterocycles. The standard InChI is InChI=1S/C11H12O/c1-2-3-6-10-7-4-5-8-11(10)9-12/h3-9H,2H2,1H3. The lowest BCUT2D eigenvalue weighted by molar-refractivity contribution is 0.112. The van der Waals surface area contributed by atoms with Gasteiger partial charge in [-0.1, -0.05) is 43.3 Å². The fourth-order valence-corrected chi connectivity index (χ4v) is 1.01. The summed E-state index contributed by atoms with van der Waals surface area (Å²) in [6, 6.07) is 7.56. The van der Waals surface area contributed by atoms with Gasteiger partial charge in [0.05, 0.1) is 0 Å². The molecular weight excluding hydrogens is 148 g/mol. The molecule has 0 spiro atoms. The number of carbonyl (C=O) groups is 1. The van der Waals surface area contributed by atoms with E-state index in [2.05, 4.69) is 6.92 Å². The Morgan fingerprint density at radius 3 is 2.50 bits per heavy atom. The highest BCUT2D eigenvalue weighted by molar-refractivity contribution is 5.81. The van der Waals surface area contributed by atoms with E-state index < -0.39 is 0 Å². The highest BCUT2D eigenvalue weighted by atomic mass is 16.1. The van der Waals surface area contributed by atoms with E-state index in [4.69, 9.17) is 0 Å². The minimum Gasteiger partial charge on any atom is -0.298 e. The first-order valence-electron chi connectivity index (χ1n) is 4.09. The molecular formula is C11H12O. The molecule has 0 bridgehead atoms. The van der Waals surface area contributed by atoms with Crippen LogP contribution in [0.3, 0.4) is 0 Å². The quantitative estimate of drug-likeness (QED) is 0.621. The molecule has 0 aromatic heterocycles. The Balaban J connectivity index is 2.96. The van der Waals surface area contributed by atoms with Crippen molar-refractivity contribution < 1.29 is 4.79 Å². The average Bonchev–Trinajstić information content (AvgIpc) is 2.15. The van der Waals surface area contributed by atoms with E-state index in [9.17, 15) is 4.79 Å². The molecule has 1 aromatic rings. The second-order valence-electron chi connectivity index (χ2n) is 2.56. The molecule has 0 aliphatic heterocycles. The van der Waals surface area contributed by atoms with Gasteiger partial charge in [-0.15, -0.1) is 0 Å².